The molecule has 18 heavy (non-hydrogen) atoms. The van der Waals surface area contributed by atoms with Crippen LogP contribution in [0.1, 0.15) is 12.5 Å². The second-order valence-electron chi connectivity index (χ2n) is 4.15. The molecule has 0 heterocycles. The molecule has 1 atom stereocenters. The Morgan fingerprint density at radius 1 is 1.33 bits per heavy atom. The number of nitrogen functional groups attached to an aromatic ring is 1. The number of amides is 1. The standard InChI is InChI=1S/C13H18N2O3/c1-9(13(17)18-2)8-15-12(16)7-10-3-5-11(14)6-4-10/h3-6,9H,7-8,14H2,1-2H3,(H,15,16). The van der Waals surface area contributed by atoms with Crippen molar-refractivity contribution in [1.82, 2.24) is 5.32 Å². The van der Waals surface area contributed by atoms with Gasteiger partial charge < -0.3 is 15.8 Å². The van der Waals surface area contributed by atoms with Crippen LogP contribution in [-0.4, -0.2) is 25.5 Å². The number of esters is 1. The van der Waals surface area contributed by atoms with Crippen LogP contribution in [0.2, 0.25) is 0 Å². The Labute approximate surface area is 106 Å². The van der Waals surface area contributed by atoms with E-state index in [0.717, 1.165) is 5.56 Å². The number of rotatable bonds is 5. The molecule has 1 aromatic rings. The van der Waals surface area contributed by atoms with Gasteiger partial charge in [0.15, 0.2) is 0 Å². The maximum atomic E-state index is 11.6. The average molecular weight is 250 g/mol. The van der Waals surface area contributed by atoms with Gasteiger partial charge in [-0.1, -0.05) is 19.1 Å². The average Bonchev–Trinajstić information content (AvgIpc) is 2.37. The Balaban J connectivity index is 2.38. The molecule has 1 rings (SSSR count). The molecule has 0 spiro atoms. The summed E-state index contributed by atoms with van der Waals surface area (Å²) in [5.74, 6) is -0.802. The zero-order valence-corrected chi connectivity index (χ0v) is 10.6. The third-order valence-electron chi connectivity index (χ3n) is 2.55. The highest BCUT2D eigenvalue weighted by Crippen LogP contribution is 2.06. The van der Waals surface area contributed by atoms with Crippen LogP contribution in [0, 0.1) is 5.92 Å². The smallest absolute Gasteiger partial charge is 0.310 e. The minimum Gasteiger partial charge on any atom is -0.469 e. The van der Waals surface area contributed by atoms with Gasteiger partial charge in [0.2, 0.25) is 5.91 Å². The molecule has 0 radical (unpaired) electrons. The fourth-order valence-electron chi connectivity index (χ4n) is 1.43. The maximum Gasteiger partial charge on any atom is 0.310 e. The number of ether oxygens (including phenoxy) is 1. The van der Waals surface area contributed by atoms with Gasteiger partial charge in [-0.05, 0) is 17.7 Å². The zero-order valence-electron chi connectivity index (χ0n) is 10.6. The second-order valence-corrected chi connectivity index (χ2v) is 4.15. The third-order valence-corrected chi connectivity index (χ3v) is 2.55. The molecule has 5 nitrogen and oxygen atoms in total. The van der Waals surface area contributed by atoms with Crippen LogP contribution in [0.25, 0.3) is 0 Å². The van der Waals surface area contributed by atoms with Crippen LogP contribution < -0.4 is 11.1 Å². The molecule has 0 aliphatic rings. The van der Waals surface area contributed by atoms with Crippen LogP contribution in [0.5, 0.6) is 0 Å². The molecule has 1 amide bonds. The number of carbonyl (C=O) groups is 2. The molecule has 0 aliphatic carbocycles. The lowest BCUT2D eigenvalue weighted by Gasteiger charge is -2.10. The van der Waals surface area contributed by atoms with Gasteiger partial charge in [0, 0.05) is 12.2 Å². The Morgan fingerprint density at radius 3 is 2.50 bits per heavy atom. The summed E-state index contributed by atoms with van der Waals surface area (Å²) in [6, 6.07) is 7.11. The Bertz CT molecular complexity index is 415. The van der Waals surface area contributed by atoms with Crippen molar-refractivity contribution in [2.24, 2.45) is 5.92 Å². The van der Waals surface area contributed by atoms with Crippen molar-refractivity contribution >= 4 is 17.6 Å². The van der Waals surface area contributed by atoms with Crippen LogP contribution in [-0.2, 0) is 20.7 Å². The molecule has 0 saturated heterocycles. The van der Waals surface area contributed by atoms with E-state index in [1.165, 1.54) is 7.11 Å². The summed E-state index contributed by atoms with van der Waals surface area (Å²) in [6.45, 7) is 1.98. The number of nitrogens with one attached hydrogen (secondary N) is 1. The summed E-state index contributed by atoms with van der Waals surface area (Å²) < 4.78 is 4.57. The Hall–Kier alpha value is -2.04. The van der Waals surface area contributed by atoms with Crippen LogP contribution in [0.15, 0.2) is 24.3 Å². The lowest BCUT2D eigenvalue weighted by atomic mass is 10.1. The van der Waals surface area contributed by atoms with E-state index in [9.17, 15) is 9.59 Å². The largest absolute Gasteiger partial charge is 0.469 e. The first kappa shape index (κ1) is 14.0. The first-order valence-electron chi connectivity index (χ1n) is 5.72. The summed E-state index contributed by atoms with van der Waals surface area (Å²) in [5, 5.41) is 2.69. The highest BCUT2D eigenvalue weighted by molar-refractivity contribution is 5.79. The monoisotopic (exact) mass is 250 g/mol. The minimum absolute atomic E-state index is 0.129. The molecular weight excluding hydrogens is 232 g/mol. The van der Waals surface area contributed by atoms with Gasteiger partial charge in [0.1, 0.15) is 0 Å². The fraction of sp³-hybridized carbons (Fsp3) is 0.385. The Morgan fingerprint density at radius 2 is 1.94 bits per heavy atom. The third kappa shape index (κ3) is 4.45. The zero-order chi connectivity index (χ0) is 13.5. The summed E-state index contributed by atoms with van der Waals surface area (Å²) >= 11 is 0. The predicted molar refractivity (Wildman–Crippen MR) is 68.7 cm³/mol. The van der Waals surface area contributed by atoms with Crippen molar-refractivity contribution in [3.63, 3.8) is 0 Å². The van der Waals surface area contributed by atoms with Gasteiger partial charge in [-0.3, -0.25) is 9.59 Å². The second kappa shape index (κ2) is 6.64. The number of benzene rings is 1. The van der Waals surface area contributed by atoms with Crippen LogP contribution >= 0.6 is 0 Å². The molecule has 0 saturated carbocycles. The lowest BCUT2D eigenvalue weighted by molar-refractivity contribution is -0.144. The summed E-state index contributed by atoms with van der Waals surface area (Å²) in [5.41, 5.74) is 7.10. The van der Waals surface area contributed by atoms with Gasteiger partial charge in [-0.2, -0.15) is 0 Å². The van der Waals surface area contributed by atoms with E-state index in [1.54, 1.807) is 31.2 Å². The first-order chi connectivity index (χ1) is 8.52. The van der Waals surface area contributed by atoms with Gasteiger partial charge in [-0.15, -0.1) is 0 Å². The van der Waals surface area contributed by atoms with Crippen molar-refractivity contribution in [1.29, 1.82) is 0 Å². The Kier molecular flexibility index (Phi) is 5.17. The van der Waals surface area contributed by atoms with E-state index < -0.39 is 0 Å². The number of carbonyl (C=O) groups excluding carboxylic acids is 2. The van der Waals surface area contributed by atoms with Crippen molar-refractivity contribution in [2.45, 2.75) is 13.3 Å². The van der Waals surface area contributed by atoms with Gasteiger partial charge in [0.25, 0.3) is 0 Å². The van der Waals surface area contributed by atoms with Crippen molar-refractivity contribution in [3.8, 4) is 0 Å². The fourth-order valence-corrected chi connectivity index (χ4v) is 1.43. The molecular formula is C13H18N2O3. The predicted octanol–water partition coefficient (Wildman–Crippen LogP) is 0.737. The molecule has 98 valence electrons. The number of methoxy groups -OCH3 is 1. The highest BCUT2D eigenvalue weighted by Gasteiger charge is 2.14. The van der Waals surface area contributed by atoms with E-state index in [2.05, 4.69) is 10.1 Å². The number of hydrogen-bond donors (Lipinski definition) is 2. The summed E-state index contributed by atoms with van der Waals surface area (Å²) in [7, 11) is 1.33. The molecule has 0 bridgehead atoms. The van der Waals surface area contributed by atoms with Gasteiger partial charge in [-0.25, -0.2) is 0 Å². The van der Waals surface area contributed by atoms with Gasteiger partial charge in [0.05, 0.1) is 19.4 Å². The highest BCUT2D eigenvalue weighted by atomic mass is 16.5. The van der Waals surface area contributed by atoms with Crippen molar-refractivity contribution < 1.29 is 14.3 Å². The molecule has 5 heteroatoms. The number of anilines is 1. The molecule has 0 aliphatic heterocycles. The minimum atomic E-state index is -0.342. The topological polar surface area (TPSA) is 81.4 Å². The normalized spacial score (nSPS) is 11.7. The quantitative estimate of drug-likeness (QED) is 0.596. The summed E-state index contributed by atoms with van der Waals surface area (Å²) in [4.78, 5) is 22.8. The molecule has 3 N–H and O–H groups in total. The van der Waals surface area contributed by atoms with Crippen molar-refractivity contribution in [2.75, 3.05) is 19.4 Å². The molecule has 0 fully saturated rings. The maximum absolute atomic E-state index is 11.6. The lowest BCUT2D eigenvalue weighted by Crippen LogP contribution is -2.33. The molecule has 1 unspecified atom stereocenters. The van der Waals surface area contributed by atoms with E-state index in [0.29, 0.717) is 5.69 Å². The van der Waals surface area contributed by atoms with E-state index in [4.69, 9.17) is 5.73 Å². The van der Waals surface area contributed by atoms with Gasteiger partial charge >= 0.3 is 5.97 Å². The first-order valence-corrected chi connectivity index (χ1v) is 5.72. The molecule has 0 aromatic heterocycles. The summed E-state index contributed by atoms with van der Waals surface area (Å²) in [6.07, 6.45) is 0.272. The number of hydrogen-bond acceptors (Lipinski definition) is 4. The number of nitrogens with two attached hydrogens (primary N) is 1. The van der Waals surface area contributed by atoms with E-state index in [1.807, 2.05) is 0 Å². The van der Waals surface area contributed by atoms with Crippen molar-refractivity contribution in [3.05, 3.63) is 29.8 Å². The van der Waals surface area contributed by atoms with Crippen LogP contribution in [0.3, 0.4) is 0 Å². The van der Waals surface area contributed by atoms with E-state index >= 15 is 0 Å². The van der Waals surface area contributed by atoms with E-state index in [-0.39, 0.29) is 30.8 Å². The molecule has 1 aromatic carbocycles. The van der Waals surface area contributed by atoms with Crippen LogP contribution in [0.4, 0.5) is 5.69 Å². The SMILES string of the molecule is COC(=O)C(C)CNC(=O)Cc1ccc(N)cc1.